The van der Waals surface area contributed by atoms with E-state index >= 15 is 0 Å². The van der Waals surface area contributed by atoms with Crippen LogP contribution < -0.4 is 16.0 Å². The van der Waals surface area contributed by atoms with Crippen molar-refractivity contribution in [3.05, 3.63) is 35.4 Å². The largest absolute Gasteiger partial charge is 0.352 e. The van der Waals surface area contributed by atoms with Gasteiger partial charge in [-0.2, -0.15) is 0 Å². The smallest absolute Gasteiger partial charge is 0.251 e. The first-order valence-electron chi connectivity index (χ1n) is 7.48. The minimum Gasteiger partial charge on any atom is -0.352 e. The van der Waals surface area contributed by atoms with E-state index in [4.69, 9.17) is 0 Å². The molecule has 21 heavy (non-hydrogen) atoms. The zero-order valence-electron chi connectivity index (χ0n) is 12.6. The maximum absolute atomic E-state index is 12.1. The molecule has 0 radical (unpaired) electrons. The van der Waals surface area contributed by atoms with Gasteiger partial charge in [-0.05, 0) is 31.0 Å². The van der Waals surface area contributed by atoms with Crippen LogP contribution in [0.4, 0.5) is 0 Å². The van der Waals surface area contributed by atoms with Gasteiger partial charge >= 0.3 is 0 Å². The molecule has 0 bridgehead atoms. The van der Waals surface area contributed by atoms with Gasteiger partial charge in [-0.25, -0.2) is 0 Å². The molecule has 1 saturated heterocycles. The number of carbonyl (C=O) groups excluding carboxylic acids is 2. The Morgan fingerprint density at radius 2 is 2.14 bits per heavy atom. The Hall–Kier alpha value is -1.88. The molecule has 1 aliphatic heterocycles. The molecule has 1 fully saturated rings. The normalized spacial score (nSPS) is 15.9. The quantitative estimate of drug-likeness (QED) is 0.733. The Morgan fingerprint density at radius 1 is 1.38 bits per heavy atom. The lowest BCUT2D eigenvalue weighted by Gasteiger charge is -2.25. The summed E-state index contributed by atoms with van der Waals surface area (Å²) in [4.78, 5) is 23.8. The van der Waals surface area contributed by atoms with Crippen molar-refractivity contribution in [1.82, 2.24) is 16.0 Å². The molecule has 1 aromatic rings. The highest BCUT2D eigenvalue weighted by molar-refractivity contribution is 5.94. The summed E-state index contributed by atoms with van der Waals surface area (Å²) < 4.78 is 0. The molecule has 1 atom stereocenters. The van der Waals surface area contributed by atoms with Crippen LogP contribution in [0.5, 0.6) is 0 Å². The third-order valence-electron chi connectivity index (χ3n) is 3.80. The van der Waals surface area contributed by atoms with Crippen molar-refractivity contribution < 1.29 is 9.59 Å². The van der Waals surface area contributed by atoms with Gasteiger partial charge in [-0.15, -0.1) is 0 Å². The van der Waals surface area contributed by atoms with E-state index in [0.717, 1.165) is 25.1 Å². The van der Waals surface area contributed by atoms with Crippen LogP contribution in [-0.2, 0) is 11.3 Å². The number of rotatable bonds is 6. The van der Waals surface area contributed by atoms with Gasteiger partial charge in [0.1, 0.15) is 0 Å². The molecule has 1 aliphatic rings. The lowest BCUT2D eigenvalue weighted by Crippen LogP contribution is -2.50. The summed E-state index contributed by atoms with van der Waals surface area (Å²) in [7, 11) is 0. The summed E-state index contributed by atoms with van der Waals surface area (Å²) in [5, 5.41) is 8.92. The van der Waals surface area contributed by atoms with E-state index < -0.39 is 0 Å². The molecule has 1 unspecified atom stereocenters. The van der Waals surface area contributed by atoms with E-state index in [9.17, 15) is 9.59 Å². The lowest BCUT2D eigenvalue weighted by molar-refractivity contribution is -0.126. The molecular weight excluding hydrogens is 266 g/mol. The first kappa shape index (κ1) is 15.5. The number of hydrogen-bond acceptors (Lipinski definition) is 3. The molecular formula is C16H23N3O2. The second kappa shape index (κ2) is 7.22. The van der Waals surface area contributed by atoms with Crippen molar-refractivity contribution in [3.63, 3.8) is 0 Å². The molecule has 2 rings (SSSR count). The molecule has 0 aliphatic carbocycles. The van der Waals surface area contributed by atoms with Crippen LogP contribution >= 0.6 is 0 Å². The van der Waals surface area contributed by atoms with Crippen LogP contribution in [0.25, 0.3) is 0 Å². The van der Waals surface area contributed by atoms with Crippen molar-refractivity contribution in [2.45, 2.75) is 32.9 Å². The van der Waals surface area contributed by atoms with E-state index in [1.165, 1.54) is 0 Å². The standard InChI is InChI=1S/C16H23N3O2/c1-3-11(2)19-16(21)13-6-4-5-12(7-13)8-18-15(20)14-9-17-10-14/h4-7,11,14,17H,3,8-10H2,1-2H3,(H,18,20)(H,19,21). The topological polar surface area (TPSA) is 70.2 Å². The lowest BCUT2D eigenvalue weighted by atomic mass is 10.0. The highest BCUT2D eigenvalue weighted by Gasteiger charge is 2.24. The van der Waals surface area contributed by atoms with Crippen LogP contribution in [0, 0.1) is 5.92 Å². The summed E-state index contributed by atoms with van der Waals surface area (Å²) in [6.45, 7) is 5.98. The van der Waals surface area contributed by atoms with E-state index in [0.29, 0.717) is 12.1 Å². The molecule has 0 saturated carbocycles. The molecule has 3 N–H and O–H groups in total. The average Bonchev–Trinajstić information content (AvgIpc) is 2.43. The van der Waals surface area contributed by atoms with Gasteiger partial charge < -0.3 is 16.0 Å². The number of amides is 2. The Labute approximate surface area is 125 Å². The maximum atomic E-state index is 12.1. The zero-order chi connectivity index (χ0) is 15.2. The van der Waals surface area contributed by atoms with Crippen molar-refractivity contribution in [2.24, 2.45) is 5.92 Å². The van der Waals surface area contributed by atoms with Crippen LogP contribution in [0.2, 0.25) is 0 Å². The third-order valence-corrected chi connectivity index (χ3v) is 3.80. The van der Waals surface area contributed by atoms with Gasteiger partial charge in [0, 0.05) is 31.2 Å². The fraction of sp³-hybridized carbons (Fsp3) is 0.500. The second-order valence-electron chi connectivity index (χ2n) is 5.56. The fourth-order valence-corrected chi connectivity index (χ4v) is 2.04. The SMILES string of the molecule is CCC(C)NC(=O)c1cccc(CNC(=O)C2CNC2)c1. The summed E-state index contributed by atoms with van der Waals surface area (Å²) in [5.74, 6) is 0.0887. The van der Waals surface area contributed by atoms with Gasteiger partial charge in [0.2, 0.25) is 5.91 Å². The van der Waals surface area contributed by atoms with Crippen LogP contribution in [0.1, 0.15) is 36.2 Å². The molecule has 5 nitrogen and oxygen atoms in total. The number of nitrogens with one attached hydrogen (secondary N) is 3. The molecule has 114 valence electrons. The first-order valence-corrected chi connectivity index (χ1v) is 7.48. The Bertz CT molecular complexity index is 512. The summed E-state index contributed by atoms with van der Waals surface area (Å²) >= 11 is 0. The Kier molecular flexibility index (Phi) is 5.33. The van der Waals surface area contributed by atoms with Crippen molar-refractivity contribution in [2.75, 3.05) is 13.1 Å². The number of benzene rings is 1. The van der Waals surface area contributed by atoms with Crippen molar-refractivity contribution in [3.8, 4) is 0 Å². The van der Waals surface area contributed by atoms with Gasteiger partial charge in [-0.3, -0.25) is 9.59 Å². The van der Waals surface area contributed by atoms with Crippen LogP contribution in [0.3, 0.4) is 0 Å². The molecule has 1 aromatic carbocycles. The van der Waals surface area contributed by atoms with Gasteiger partial charge in [-0.1, -0.05) is 19.1 Å². The van der Waals surface area contributed by atoms with Gasteiger partial charge in [0.25, 0.3) is 5.91 Å². The molecule has 2 amide bonds. The van der Waals surface area contributed by atoms with Gasteiger partial charge in [0.15, 0.2) is 0 Å². The molecule has 0 aromatic heterocycles. The third kappa shape index (κ3) is 4.29. The number of hydrogen-bond donors (Lipinski definition) is 3. The minimum absolute atomic E-state index is 0.0688. The van der Waals surface area contributed by atoms with Gasteiger partial charge in [0.05, 0.1) is 5.92 Å². The number of carbonyl (C=O) groups is 2. The Balaban J connectivity index is 1.90. The molecule has 5 heteroatoms. The monoisotopic (exact) mass is 289 g/mol. The summed E-state index contributed by atoms with van der Waals surface area (Å²) in [5.41, 5.74) is 1.57. The zero-order valence-corrected chi connectivity index (χ0v) is 12.6. The second-order valence-corrected chi connectivity index (χ2v) is 5.56. The van der Waals surface area contributed by atoms with E-state index in [1.54, 1.807) is 6.07 Å². The average molecular weight is 289 g/mol. The predicted molar refractivity (Wildman–Crippen MR) is 81.9 cm³/mol. The summed E-state index contributed by atoms with van der Waals surface area (Å²) in [6.07, 6.45) is 0.900. The van der Waals surface area contributed by atoms with Crippen LogP contribution in [0.15, 0.2) is 24.3 Å². The predicted octanol–water partition coefficient (Wildman–Crippen LogP) is 1.05. The van der Waals surface area contributed by atoms with E-state index in [1.807, 2.05) is 32.0 Å². The highest BCUT2D eigenvalue weighted by Crippen LogP contribution is 2.08. The maximum Gasteiger partial charge on any atom is 0.251 e. The summed E-state index contributed by atoms with van der Waals surface area (Å²) in [6, 6.07) is 7.54. The molecule has 0 spiro atoms. The highest BCUT2D eigenvalue weighted by atomic mass is 16.2. The molecule has 1 heterocycles. The first-order chi connectivity index (χ1) is 10.1. The minimum atomic E-state index is -0.0688. The van der Waals surface area contributed by atoms with Crippen LogP contribution in [-0.4, -0.2) is 30.9 Å². The van der Waals surface area contributed by atoms with E-state index in [2.05, 4.69) is 16.0 Å². The fourth-order valence-electron chi connectivity index (χ4n) is 2.04. The Morgan fingerprint density at radius 3 is 2.76 bits per heavy atom. The van der Waals surface area contributed by atoms with Crippen molar-refractivity contribution in [1.29, 1.82) is 0 Å². The van der Waals surface area contributed by atoms with E-state index in [-0.39, 0.29) is 23.8 Å². The van der Waals surface area contributed by atoms with Crippen molar-refractivity contribution >= 4 is 11.8 Å².